The Labute approximate surface area is 100 Å². The van der Waals surface area contributed by atoms with Crippen molar-refractivity contribution in [2.75, 3.05) is 6.54 Å². The minimum Gasteiger partial charge on any atom is -0.452 e. The van der Waals surface area contributed by atoms with Crippen molar-refractivity contribution in [1.82, 2.24) is 4.90 Å². The molecule has 0 aliphatic carbocycles. The second-order valence-corrected chi connectivity index (χ2v) is 4.65. The van der Waals surface area contributed by atoms with E-state index in [0.29, 0.717) is 11.6 Å². The first kappa shape index (κ1) is 11.5. The van der Waals surface area contributed by atoms with Crippen molar-refractivity contribution >= 4 is 17.5 Å². The number of hydrogen-bond donors (Lipinski definition) is 0. The van der Waals surface area contributed by atoms with Crippen LogP contribution in [0.4, 0.5) is 0 Å². The molecule has 1 aliphatic heterocycles. The average molecular weight is 242 g/mol. The van der Waals surface area contributed by atoms with E-state index in [1.807, 2.05) is 4.90 Å². The van der Waals surface area contributed by atoms with Gasteiger partial charge in [0.1, 0.15) is 0 Å². The quantitative estimate of drug-likeness (QED) is 0.756. The molecule has 1 atom stereocenters. The SMILES string of the molecule is CC1CCCCCN1C(=O)c1ccoc1Cl. The summed E-state index contributed by atoms with van der Waals surface area (Å²) in [7, 11) is 0. The number of likely N-dealkylation sites (tertiary alicyclic amines) is 1. The lowest BCUT2D eigenvalue weighted by Crippen LogP contribution is -2.38. The van der Waals surface area contributed by atoms with Crippen LogP contribution >= 0.6 is 11.6 Å². The van der Waals surface area contributed by atoms with E-state index in [0.717, 1.165) is 19.4 Å². The second kappa shape index (κ2) is 4.91. The summed E-state index contributed by atoms with van der Waals surface area (Å²) in [5.74, 6) is -0.00634. The van der Waals surface area contributed by atoms with E-state index >= 15 is 0 Å². The molecule has 1 fully saturated rings. The van der Waals surface area contributed by atoms with Gasteiger partial charge in [0, 0.05) is 12.6 Å². The molecule has 0 radical (unpaired) electrons. The van der Waals surface area contributed by atoms with Crippen molar-refractivity contribution in [3.05, 3.63) is 23.1 Å². The first-order chi connectivity index (χ1) is 7.70. The van der Waals surface area contributed by atoms with E-state index in [1.165, 1.54) is 19.1 Å². The molecule has 0 aromatic carbocycles. The van der Waals surface area contributed by atoms with E-state index < -0.39 is 0 Å². The molecule has 1 unspecified atom stereocenters. The Bertz CT molecular complexity index is 375. The maximum atomic E-state index is 12.2. The number of rotatable bonds is 1. The summed E-state index contributed by atoms with van der Waals surface area (Å²) >= 11 is 5.83. The summed E-state index contributed by atoms with van der Waals surface area (Å²) in [5, 5.41) is 0.196. The average Bonchev–Trinajstić information content (AvgIpc) is 2.56. The van der Waals surface area contributed by atoms with E-state index in [9.17, 15) is 4.79 Å². The lowest BCUT2D eigenvalue weighted by molar-refractivity contribution is 0.0697. The van der Waals surface area contributed by atoms with E-state index in [-0.39, 0.29) is 11.1 Å². The van der Waals surface area contributed by atoms with Crippen molar-refractivity contribution in [2.24, 2.45) is 0 Å². The summed E-state index contributed by atoms with van der Waals surface area (Å²) in [5.41, 5.74) is 0.482. The summed E-state index contributed by atoms with van der Waals surface area (Å²) in [4.78, 5) is 14.1. The Morgan fingerprint density at radius 1 is 1.50 bits per heavy atom. The van der Waals surface area contributed by atoms with Gasteiger partial charge in [0.15, 0.2) is 0 Å². The maximum Gasteiger partial charge on any atom is 0.258 e. The molecule has 0 spiro atoms. The van der Waals surface area contributed by atoms with Gasteiger partial charge in [-0.2, -0.15) is 0 Å². The van der Waals surface area contributed by atoms with Gasteiger partial charge in [0.05, 0.1) is 11.8 Å². The predicted octanol–water partition coefficient (Wildman–Crippen LogP) is 3.34. The summed E-state index contributed by atoms with van der Waals surface area (Å²) in [6, 6.07) is 1.93. The van der Waals surface area contributed by atoms with Crippen LogP contribution in [0.15, 0.2) is 16.7 Å². The summed E-state index contributed by atoms with van der Waals surface area (Å²) < 4.78 is 4.96. The third-order valence-corrected chi connectivity index (χ3v) is 3.45. The molecule has 2 rings (SSSR count). The van der Waals surface area contributed by atoms with Crippen LogP contribution in [0.1, 0.15) is 43.0 Å². The molecule has 1 aromatic rings. The Balaban J connectivity index is 2.17. The molecule has 1 amide bonds. The molecule has 16 heavy (non-hydrogen) atoms. The van der Waals surface area contributed by atoms with Gasteiger partial charge in [-0.1, -0.05) is 12.8 Å². The molecule has 1 aliphatic rings. The zero-order valence-corrected chi connectivity index (χ0v) is 10.2. The molecule has 4 heteroatoms. The standard InChI is InChI=1S/C12H16ClNO2/c1-9-5-3-2-4-7-14(9)12(15)10-6-8-16-11(10)13/h6,8-9H,2-5,7H2,1H3. The van der Waals surface area contributed by atoms with Gasteiger partial charge < -0.3 is 9.32 Å². The number of halogens is 1. The van der Waals surface area contributed by atoms with Crippen LogP contribution in [-0.2, 0) is 0 Å². The Morgan fingerprint density at radius 2 is 2.31 bits per heavy atom. The Morgan fingerprint density at radius 3 is 3.00 bits per heavy atom. The number of furan rings is 1. The van der Waals surface area contributed by atoms with Gasteiger partial charge in [0.2, 0.25) is 5.22 Å². The van der Waals surface area contributed by atoms with Gasteiger partial charge in [-0.05, 0) is 37.4 Å². The van der Waals surface area contributed by atoms with E-state index in [4.69, 9.17) is 16.0 Å². The number of carbonyl (C=O) groups is 1. The molecular formula is C12H16ClNO2. The van der Waals surface area contributed by atoms with Crippen molar-refractivity contribution in [3.8, 4) is 0 Å². The van der Waals surface area contributed by atoms with Crippen molar-refractivity contribution < 1.29 is 9.21 Å². The fourth-order valence-corrected chi connectivity index (χ4v) is 2.37. The van der Waals surface area contributed by atoms with Crippen LogP contribution in [0.3, 0.4) is 0 Å². The monoisotopic (exact) mass is 241 g/mol. The fraction of sp³-hybridized carbons (Fsp3) is 0.583. The van der Waals surface area contributed by atoms with Crippen LogP contribution in [0.25, 0.3) is 0 Å². The topological polar surface area (TPSA) is 33.5 Å². The lowest BCUT2D eigenvalue weighted by Gasteiger charge is -2.26. The molecule has 88 valence electrons. The normalized spacial score (nSPS) is 21.9. The van der Waals surface area contributed by atoms with Crippen LogP contribution in [0, 0.1) is 0 Å². The minimum atomic E-state index is -0.00634. The van der Waals surface area contributed by atoms with E-state index in [1.54, 1.807) is 6.07 Å². The minimum absolute atomic E-state index is 0.00634. The first-order valence-corrected chi connectivity index (χ1v) is 6.12. The number of hydrogen-bond acceptors (Lipinski definition) is 2. The molecule has 3 nitrogen and oxygen atoms in total. The third-order valence-electron chi connectivity index (χ3n) is 3.16. The molecular weight excluding hydrogens is 226 g/mol. The van der Waals surface area contributed by atoms with Crippen LogP contribution in [0.5, 0.6) is 0 Å². The second-order valence-electron chi connectivity index (χ2n) is 4.30. The third kappa shape index (κ3) is 2.24. The van der Waals surface area contributed by atoms with Gasteiger partial charge >= 0.3 is 0 Å². The van der Waals surface area contributed by atoms with Gasteiger partial charge in [-0.25, -0.2) is 0 Å². The van der Waals surface area contributed by atoms with Crippen molar-refractivity contribution in [3.63, 3.8) is 0 Å². The zero-order valence-electron chi connectivity index (χ0n) is 9.41. The summed E-state index contributed by atoms with van der Waals surface area (Å²) in [6.45, 7) is 2.92. The van der Waals surface area contributed by atoms with Crippen LogP contribution in [0.2, 0.25) is 5.22 Å². The van der Waals surface area contributed by atoms with Gasteiger partial charge in [-0.3, -0.25) is 4.79 Å². The zero-order chi connectivity index (χ0) is 11.5. The van der Waals surface area contributed by atoms with Crippen LogP contribution < -0.4 is 0 Å². The predicted molar refractivity (Wildman–Crippen MR) is 62.7 cm³/mol. The fourth-order valence-electron chi connectivity index (χ4n) is 2.18. The van der Waals surface area contributed by atoms with Gasteiger partial charge in [0.25, 0.3) is 5.91 Å². The van der Waals surface area contributed by atoms with Crippen LogP contribution in [-0.4, -0.2) is 23.4 Å². The molecule has 1 saturated heterocycles. The maximum absolute atomic E-state index is 12.2. The van der Waals surface area contributed by atoms with Crippen molar-refractivity contribution in [1.29, 1.82) is 0 Å². The molecule has 0 N–H and O–H groups in total. The van der Waals surface area contributed by atoms with Crippen molar-refractivity contribution in [2.45, 2.75) is 38.6 Å². The Kier molecular flexibility index (Phi) is 3.54. The van der Waals surface area contributed by atoms with E-state index in [2.05, 4.69) is 6.92 Å². The smallest absolute Gasteiger partial charge is 0.258 e. The molecule has 2 heterocycles. The van der Waals surface area contributed by atoms with Gasteiger partial charge in [-0.15, -0.1) is 0 Å². The highest BCUT2D eigenvalue weighted by molar-refractivity contribution is 6.32. The highest BCUT2D eigenvalue weighted by Crippen LogP contribution is 2.23. The molecule has 0 bridgehead atoms. The molecule has 1 aromatic heterocycles. The first-order valence-electron chi connectivity index (χ1n) is 5.74. The highest BCUT2D eigenvalue weighted by Gasteiger charge is 2.25. The number of amides is 1. The number of carbonyl (C=O) groups excluding carboxylic acids is 1. The lowest BCUT2D eigenvalue weighted by atomic mass is 10.1. The number of nitrogens with zero attached hydrogens (tertiary/aromatic N) is 1. The highest BCUT2D eigenvalue weighted by atomic mass is 35.5. The largest absolute Gasteiger partial charge is 0.452 e. The molecule has 0 saturated carbocycles. The summed E-state index contributed by atoms with van der Waals surface area (Å²) in [6.07, 6.45) is 6.00. The Hall–Kier alpha value is -0.960.